The fourth-order valence-electron chi connectivity index (χ4n) is 2.14. The van der Waals surface area contributed by atoms with Crippen LogP contribution in [0.2, 0.25) is 0 Å². The molecule has 0 saturated heterocycles. The van der Waals surface area contributed by atoms with E-state index in [1.165, 1.54) is 0 Å². The topological polar surface area (TPSA) is 17.1 Å². The van der Waals surface area contributed by atoms with Gasteiger partial charge in [0, 0.05) is 11.1 Å². The summed E-state index contributed by atoms with van der Waals surface area (Å²) in [4.78, 5) is 12.1. The third-order valence-electron chi connectivity index (χ3n) is 2.93. The summed E-state index contributed by atoms with van der Waals surface area (Å²) in [6.45, 7) is 4.14. The second-order valence-corrected chi connectivity index (χ2v) is 3.93. The predicted octanol–water partition coefficient (Wildman–Crippen LogP) is 4.01. The average molecular weight is 212 g/mol. The van der Waals surface area contributed by atoms with E-state index >= 15 is 0 Å². The monoisotopic (exact) mass is 212 g/mol. The maximum absolute atomic E-state index is 12.1. The van der Waals surface area contributed by atoms with Crippen LogP contribution < -0.4 is 0 Å². The number of fused-ring (bicyclic) bond motifs is 1. The summed E-state index contributed by atoms with van der Waals surface area (Å²) in [7, 11) is 0. The van der Waals surface area contributed by atoms with Gasteiger partial charge in [0.25, 0.3) is 0 Å². The standard InChI is InChI=1S/C15H16O/c1-3-5-8-12-11(4-2)15(16)14-10-7-6-9-13(12)14/h5-10H,3-4H2,1-2H3/b8-5-. The predicted molar refractivity (Wildman–Crippen MR) is 67.4 cm³/mol. The van der Waals surface area contributed by atoms with Crippen LogP contribution in [0, 0.1) is 0 Å². The minimum absolute atomic E-state index is 0.203. The lowest BCUT2D eigenvalue weighted by Gasteiger charge is -1.99. The third kappa shape index (κ3) is 1.63. The molecule has 0 saturated carbocycles. The minimum atomic E-state index is 0.203. The van der Waals surface area contributed by atoms with E-state index < -0.39 is 0 Å². The van der Waals surface area contributed by atoms with Gasteiger partial charge in [-0.2, -0.15) is 0 Å². The summed E-state index contributed by atoms with van der Waals surface area (Å²) >= 11 is 0. The second kappa shape index (κ2) is 4.48. The Kier molecular flexibility index (Phi) is 3.04. The van der Waals surface area contributed by atoms with Gasteiger partial charge in [-0.3, -0.25) is 4.79 Å². The molecule has 82 valence electrons. The molecule has 1 aliphatic rings. The van der Waals surface area contributed by atoms with Crippen molar-refractivity contribution in [3.63, 3.8) is 0 Å². The van der Waals surface area contributed by atoms with E-state index in [-0.39, 0.29) is 5.78 Å². The lowest BCUT2D eigenvalue weighted by atomic mass is 10.0. The molecule has 16 heavy (non-hydrogen) atoms. The van der Waals surface area contributed by atoms with Gasteiger partial charge in [0.05, 0.1) is 0 Å². The van der Waals surface area contributed by atoms with Crippen molar-refractivity contribution in [1.82, 2.24) is 0 Å². The number of carbonyl (C=O) groups is 1. The van der Waals surface area contributed by atoms with Gasteiger partial charge in [0.2, 0.25) is 0 Å². The number of rotatable bonds is 3. The first kappa shape index (κ1) is 10.9. The van der Waals surface area contributed by atoms with Crippen LogP contribution in [-0.4, -0.2) is 5.78 Å². The highest BCUT2D eigenvalue weighted by Crippen LogP contribution is 2.35. The zero-order valence-electron chi connectivity index (χ0n) is 9.79. The smallest absolute Gasteiger partial charge is 0.190 e. The lowest BCUT2D eigenvalue weighted by molar-refractivity contribution is 0.103. The van der Waals surface area contributed by atoms with E-state index in [9.17, 15) is 4.79 Å². The SMILES string of the molecule is CC/C=C\C1=C(CC)C(=O)c2ccccc21. The number of hydrogen-bond acceptors (Lipinski definition) is 1. The minimum Gasteiger partial charge on any atom is -0.289 e. The van der Waals surface area contributed by atoms with E-state index in [0.717, 1.165) is 35.1 Å². The molecule has 0 heterocycles. The summed E-state index contributed by atoms with van der Waals surface area (Å²) in [5.41, 5.74) is 4.01. The summed E-state index contributed by atoms with van der Waals surface area (Å²) in [5.74, 6) is 0.203. The molecule has 0 amide bonds. The average Bonchev–Trinajstić information content (AvgIpc) is 2.60. The maximum atomic E-state index is 12.1. The number of ketones is 1. The molecule has 1 aromatic rings. The molecule has 0 atom stereocenters. The Labute approximate surface area is 96.5 Å². The first-order valence-electron chi connectivity index (χ1n) is 5.83. The highest BCUT2D eigenvalue weighted by Gasteiger charge is 2.25. The molecule has 0 aliphatic heterocycles. The Morgan fingerprint density at radius 2 is 1.81 bits per heavy atom. The first-order chi connectivity index (χ1) is 7.79. The van der Waals surface area contributed by atoms with Gasteiger partial charge in [0.15, 0.2) is 5.78 Å². The Morgan fingerprint density at radius 1 is 1.12 bits per heavy atom. The first-order valence-corrected chi connectivity index (χ1v) is 5.83. The molecule has 0 radical (unpaired) electrons. The van der Waals surface area contributed by atoms with Crippen molar-refractivity contribution in [2.45, 2.75) is 26.7 Å². The fourth-order valence-corrected chi connectivity index (χ4v) is 2.14. The van der Waals surface area contributed by atoms with Gasteiger partial charge in [-0.25, -0.2) is 0 Å². The molecule has 1 nitrogen and oxygen atoms in total. The fraction of sp³-hybridized carbons (Fsp3) is 0.267. The molecule has 1 aliphatic carbocycles. The number of carbonyl (C=O) groups excluding carboxylic acids is 1. The molecule has 0 bridgehead atoms. The van der Waals surface area contributed by atoms with Gasteiger partial charge in [0.1, 0.15) is 0 Å². The summed E-state index contributed by atoms with van der Waals surface area (Å²) < 4.78 is 0. The van der Waals surface area contributed by atoms with Crippen molar-refractivity contribution < 1.29 is 4.79 Å². The van der Waals surface area contributed by atoms with Crippen LogP contribution in [0.25, 0.3) is 5.57 Å². The van der Waals surface area contributed by atoms with Crippen molar-refractivity contribution >= 4 is 11.4 Å². The Hall–Kier alpha value is -1.63. The van der Waals surface area contributed by atoms with Crippen LogP contribution in [0.3, 0.4) is 0 Å². The number of hydrogen-bond donors (Lipinski definition) is 0. The van der Waals surface area contributed by atoms with E-state index in [4.69, 9.17) is 0 Å². The van der Waals surface area contributed by atoms with Crippen LogP contribution in [-0.2, 0) is 0 Å². The number of benzene rings is 1. The Balaban J connectivity index is 2.56. The van der Waals surface area contributed by atoms with Crippen LogP contribution in [0.1, 0.15) is 42.6 Å². The zero-order valence-corrected chi connectivity index (χ0v) is 9.79. The lowest BCUT2D eigenvalue weighted by Crippen LogP contribution is -1.96. The van der Waals surface area contributed by atoms with Crippen molar-refractivity contribution in [2.24, 2.45) is 0 Å². The van der Waals surface area contributed by atoms with Gasteiger partial charge in [-0.1, -0.05) is 50.3 Å². The van der Waals surface area contributed by atoms with Crippen molar-refractivity contribution in [3.05, 3.63) is 53.1 Å². The molecule has 0 spiro atoms. The molecule has 1 aromatic carbocycles. The van der Waals surface area contributed by atoms with Gasteiger partial charge in [-0.15, -0.1) is 0 Å². The zero-order chi connectivity index (χ0) is 11.5. The normalized spacial score (nSPS) is 15.0. The molecule has 2 rings (SSSR count). The summed E-state index contributed by atoms with van der Waals surface area (Å²) in [6, 6.07) is 7.87. The Bertz CT molecular complexity index is 478. The van der Waals surface area contributed by atoms with Gasteiger partial charge in [-0.05, 0) is 24.0 Å². The summed E-state index contributed by atoms with van der Waals surface area (Å²) in [5, 5.41) is 0. The largest absolute Gasteiger partial charge is 0.289 e. The van der Waals surface area contributed by atoms with Crippen LogP contribution >= 0.6 is 0 Å². The summed E-state index contributed by atoms with van der Waals surface area (Å²) in [6.07, 6.45) is 6.00. The van der Waals surface area contributed by atoms with Crippen molar-refractivity contribution in [3.8, 4) is 0 Å². The van der Waals surface area contributed by atoms with Crippen molar-refractivity contribution in [1.29, 1.82) is 0 Å². The Morgan fingerprint density at radius 3 is 2.44 bits per heavy atom. The van der Waals surface area contributed by atoms with Crippen LogP contribution in [0.4, 0.5) is 0 Å². The van der Waals surface area contributed by atoms with Gasteiger partial charge < -0.3 is 0 Å². The molecule has 0 fully saturated rings. The van der Waals surface area contributed by atoms with Crippen LogP contribution in [0.15, 0.2) is 42.0 Å². The second-order valence-electron chi connectivity index (χ2n) is 3.93. The van der Waals surface area contributed by atoms with E-state index in [1.54, 1.807) is 0 Å². The van der Waals surface area contributed by atoms with E-state index in [2.05, 4.69) is 19.1 Å². The van der Waals surface area contributed by atoms with Crippen molar-refractivity contribution in [2.75, 3.05) is 0 Å². The van der Waals surface area contributed by atoms with Crippen LogP contribution in [0.5, 0.6) is 0 Å². The number of Topliss-reactive ketones (excluding diaryl/α,β-unsaturated/α-hetero) is 1. The molecule has 1 heteroatoms. The molecule has 0 aromatic heterocycles. The molecule has 0 unspecified atom stereocenters. The highest BCUT2D eigenvalue weighted by molar-refractivity contribution is 6.21. The molecule has 0 N–H and O–H groups in total. The maximum Gasteiger partial charge on any atom is 0.190 e. The van der Waals surface area contributed by atoms with E-state index in [0.29, 0.717) is 0 Å². The number of allylic oxidation sites excluding steroid dienone is 4. The molecular weight excluding hydrogens is 196 g/mol. The van der Waals surface area contributed by atoms with E-state index in [1.807, 2.05) is 31.2 Å². The highest BCUT2D eigenvalue weighted by atomic mass is 16.1. The molecular formula is C15H16O. The van der Waals surface area contributed by atoms with Gasteiger partial charge >= 0.3 is 0 Å². The quantitative estimate of drug-likeness (QED) is 0.739. The third-order valence-corrected chi connectivity index (χ3v) is 2.93.